The van der Waals surface area contributed by atoms with Crippen molar-refractivity contribution in [1.82, 2.24) is 19.5 Å². The van der Waals surface area contributed by atoms with Crippen LogP contribution in [0.5, 0.6) is 0 Å². The van der Waals surface area contributed by atoms with E-state index in [2.05, 4.69) is 154 Å². The van der Waals surface area contributed by atoms with Crippen molar-refractivity contribution in [1.29, 1.82) is 0 Å². The van der Waals surface area contributed by atoms with Crippen LogP contribution in [-0.2, 0) is 5.41 Å². The van der Waals surface area contributed by atoms with Crippen LogP contribution in [0.3, 0.4) is 0 Å². The molecule has 0 N–H and O–H groups in total. The maximum absolute atomic E-state index is 4.59. The van der Waals surface area contributed by atoms with Crippen LogP contribution in [0.2, 0.25) is 0 Å². The molecule has 41 heavy (non-hydrogen) atoms. The summed E-state index contributed by atoms with van der Waals surface area (Å²) in [5.74, 6) is 0.583. The zero-order valence-electron chi connectivity index (χ0n) is 22.9. The number of nitrogens with zero attached hydrogens (tertiary/aromatic N) is 5. The average molecular weight is 530 g/mol. The summed E-state index contributed by atoms with van der Waals surface area (Å²) in [5.41, 5.74) is 10.6. The topological polar surface area (TPSA) is 46.8 Å². The Hall–Kier alpha value is -5.29. The highest BCUT2D eigenvalue weighted by atomic mass is 15.3. The summed E-state index contributed by atoms with van der Waals surface area (Å²) in [6.07, 6.45) is 3.12. The van der Waals surface area contributed by atoms with Gasteiger partial charge in [0.15, 0.2) is 0 Å². The number of para-hydroxylation sites is 2. The van der Waals surface area contributed by atoms with E-state index in [4.69, 9.17) is 0 Å². The van der Waals surface area contributed by atoms with Crippen LogP contribution in [0.25, 0.3) is 38.6 Å². The lowest BCUT2D eigenvalue weighted by Crippen LogP contribution is -2.17. The molecular weight excluding hydrogens is 502 g/mol. The van der Waals surface area contributed by atoms with Gasteiger partial charge in [0, 0.05) is 33.2 Å². The van der Waals surface area contributed by atoms with Crippen molar-refractivity contribution in [3.63, 3.8) is 0 Å². The molecule has 0 saturated carbocycles. The fourth-order valence-corrected chi connectivity index (χ4v) is 6.52. The number of rotatable bonds is 4. The highest BCUT2D eigenvalue weighted by Crippen LogP contribution is 2.50. The molecule has 5 heteroatoms. The van der Waals surface area contributed by atoms with E-state index < -0.39 is 0 Å². The largest absolute Gasteiger partial charge is 0.309 e. The molecule has 1 aliphatic carbocycles. The second kappa shape index (κ2) is 8.86. The van der Waals surface area contributed by atoms with Crippen molar-refractivity contribution in [3.8, 4) is 16.8 Å². The van der Waals surface area contributed by atoms with Crippen molar-refractivity contribution in [2.45, 2.75) is 19.3 Å². The van der Waals surface area contributed by atoms with Gasteiger partial charge in [0.1, 0.15) is 12.7 Å². The van der Waals surface area contributed by atoms with Gasteiger partial charge in [0.05, 0.1) is 11.0 Å². The van der Waals surface area contributed by atoms with Crippen LogP contribution >= 0.6 is 0 Å². The third-order valence-corrected chi connectivity index (χ3v) is 8.43. The Morgan fingerprint density at radius 2 is 1.24 bits per heavy atom. The van der Waals surface area contributed by atoms with Gasteiger partial charge in [-0.1, -0.05) is 80.6 Å². The maximum Gasteiger partial charge on any atom is 0.237 e. The molecule has 8 rings (SSSR count). The Morgan fingerprint density at radius 1 is 0.585 bits per heavy atom. The quantitative estimate of drug-likeness (QED) is 0.229. The van der Waals surface area contributed by atoms with Crippen LogP contribution in [0, 0.1) is 0 Å². The monoisotopic (exact) mass is 529 g/mol. The van der Waals surface area contributed by atoms with Crippen LogP contribution in [0.1, 0.15) is 25.0 Å². The Balaban J connectivity index is 1.35. The first-order valence-corrected chi connectivity index (χ1v) is 13.9. The van der Waals surface area contributed by atoms with Gasteiger partial charge in [-0.3, -0.25) is 4.90 Å². The van der Waals surface area contributed by atoms with Gasteiger partial charge in [-0.05, 0) is 70.8 Å². The van der Waals surface area contributed by atoms with Crippen molar-refractivity contribution in [2.75, 3.05) is 4.90 Å². The SMILES string of the molecule is CC1(C)c2ccccc2-c2ccc(N(c3ccc4c(c3)c3ccccc3n4-c3ccccc3)c3ncncn3)cc21. The molecule has 0 saturated heterocycles. The molecule has 1 aliphatic rings. The summed E-state index contributed by atoms with van der Waals surface area (Å²) in [6, 6.07) is 41.2. The van der Waals surface area contributed by atoms with E-state index in [1.54, 1.807) is 12.7 Å². The van der Waals surface area contributed by atoms with Gasteiger partial charge in [0.25, 0.3) is 0 Å². The minimum absolute atomic E-state index is 0.111. The first-order valence-electron chi connectivity index (χ1n) is 13.9. The highest BCUT2D eigenvalue weighted by Gasteiger charge is 2.35. The molecule has 0 amide bonds. The Bertz CT molecular complexity index is 2080. The minimum atomic E-state index is -0.111. The van der Waals surface area contributed by atoms with Gasteiger partial charge < -0.3 is 4.57 Å². The molecule has 5 nitrogen and oxygen atoms in total. The second-order valence-electron chi connectivity index (χ2n) is 11.1. The standard InChI is InChI=1S/C36H27N5/c1-36(2)31-14-8-6-12-27(31)28-18-16-26(21-32(28)36)40(35-38-22-37-23-39-35)25-17-19-34-30(20-25)29-13-7-9-15-33(29)41(34)24-10-4-3-5-11-24/h3-23H,1-2H3. The van der Waals surface area contributed by atoms with E-state index >= 15 is 0 Å². The average Bonchev–Trinajstić information content (AvgIpc) is 3.47. The highest BCUT2D eigenvalue weighted by molar-refractivity contribution is 6.10. The first kappa shape index (κ1) is 23.6. The molecule has 0 spiro atoms. The lowest BCUT2D eigenvalue weighted by Gasteiger charge is -2.26. The number of fused-ring (bicyclic) bond motifs is 6. The predicted octanol–water partition coefficient (Wildman–Crippen LogP) is 8.74. The van der Waals surface area contributed by atoms with Gasteiger partial charge in [-0.15, -0.1) is 0 Å². The van der Waals surface area contributed by atoms with Crippen molar-refractivity contribution in [3.05, 3.63) is 139 Å². The molecule has 5 aromatic carbocycles. The Labute approximate surface area is 238 Å². The summed E-state index contributed by atoms with van der Waals surface area (Å²) >= 11 is 0. The fraction of sp³-hybridized carbons (Fsp3) is 0.0833. The van der Waals surface area contributed by atoms with E-state index in [0.717, 1.165) is 22.6 Å². The molecule has 0 radical (unpaired) electrons. The first-order chi connectivity index (χ1) is 20.1. The molecular formula is C36H27N5. The van der Waals surface area contributed by atoms with Crippen LogP contribution in [0.4, 0.5) is 17.3 Å². The number of benzene rings is 5. The summed E-state index contributed by atoms with van der Waals surface area (Å²) in [7, 11) is 0. The Morgan fingerprint density at radius 3 is 2.10 bits per heavy atom. The number of hydrogen-bond donors (Lipinski definition) is 0. The smallest absolute Gasteiger partial charge is 0.237 e. The lowest BCUT2D eigenvalue weighted by molar-refractivity contribution is 0.660. The summed E-state index contributed by atoms with van der Waals surface area (Å²) in [5, 5.41) is 2.38. The zero-order chi connectivity index (χ0) is 27.6. The molecule has 0 bridgehead atoms. The number of anilines is 3. The van der Waals surface area contributed by atoms with Gasteiger partial charge in [0.2, 0.25) is 5.95 Å². The number of hydrogen-bond acceptors (Lipinski definition) is 4. The van der Waals surface area contributed by atoms with E-state index in [-0.39, 0.29) is 5.41 Å². The fourth-order valence-electron chi connectivity index (χ4n) is 6.52. The van der Waals surface area contributed by atoms with Gasteiger partial charge >= 0.3 is 0 Å². The van der Waals surface area contributed by atoms with Crippen LogP contribution in [0.15, 0.2) is 128 Å². The van der Waals surface area contributed by atoms with E-state index in [9.17, 15) is 0 Å². The second-order valence-corrected chi connectivity index (χ2v) is 11.1. The summed E-state index contributed by atoms with van der Waals surface area (Å²) in [6.45, 7) is 4.61. The molecule has 0 unspecified atom stereocenters. The van der Waals surface area contributed by atoms with E-state index in [1.165, 1.54) is 38.5 Å². The third kappa shape index (κ3) is 3.52. The predicted molar refractivity (Wildman–Crippen MR) is 166 cm³/mol. The molecule has 0 aliphatic heterocycles. The molecule has 0 atom stereocenters. The van der Waals surface area contributed by atoms with Crippen LogP contribution in [-0.4, -0.2) is 19.5 Å². The van der Waals surface area contributed by atoms with E-state index in [0.29, 0.717) is 5.95 Å². The summed E-state index contributed by atoms with van der Waals surface area (Å²) < 4.78 is 2.33. The van der Waals surface area contributed by atoms with Gasteiger partial charge in [-0.2, -0.15) is 0 Å². The third-order valence-electron chi connectivity index (χ3n) is 8.43. The zero-order valence-corrected chi connectivity index (χ0v) is 22.9. The molecule has 2 heterocycles. The normalized spacial score (nSPS) is 13.3. The van der Waals surface area contributed by atoms with E-state index in [1.807, 2.05) is 0 Å². The maximum atomic E-state index is 4.59. The van der Waals surface area contributed by atoms with Crippen molar-refractivity contribution in [2.24, 2.45) is 0 Å². The number of aromatic nitrogens is 4. The molecule has 2 aromatic heterocycles. The molecule has 0 fully saturated rings. The lowest BCUT2D eigenvalue weighted by atomic mass is 9.82. The molecule has 196 valence electrons. The summed E-state index contributed by atoms with van der Waals surface area (Å²) in [4.78, 5) is 15.4. The minimum Gasteiger partial charge on any atom is -0.309 e. The van der Waals surface area contributed by atoms with Crippen molar-refractivity contribution < 1.29 is 0 Å². The Kier molecular flexibility index (Phi) is 5.10. The van der Waals surface area contributed by atoms with Gasteiger partial charge in [-0.25, -0.2) is 15.0 Å². The van der Waals surface area contributed by atoms with Crippen LogP contribution < -0.4 is 4.90 Å². The molecule has 7 aromatic rings. The van der Waals surface area contributed by atoms with Crippen molar-refractivity contribution >= 4 is 39.1 Å².